The van der Waals surface area contributed by atoms with Gasteiger partial charge in [0, 0.05) is 25.6 Å². The fourth-order valence-electron chi connectivity index (χ4n) is 4.68. The lowest BCUT2D eigenvalue weighted by Gasteiger charge is -2.36. The molecule has 0 unspecified atom stereocenters. The molecule has 27 heavy (non-hydrogen) atoms. The standard InChI is InChI=1S/C21H29N5O/c27-21(20-8-6-19(7-9-20)15-26-16-22-23-24-26)25-12-10-18(11-13-25)14-17-4-2-1-3-5-17/h1-5,16,18-20H,6-15H2. The average molecular weight is 367 g/mol. The third-order valence-corrected chi connectivity index (χ3v) is 6.33. The highest BCUT2D eigenvalue weighted by Crippen LogP contribution is 2.32. The molecule has 2 aromatic rings. The van der Waals surface area contributed by atoms with E-state index in [1.165, 1.54) is 5.56 Å². The normalized spacial score (nSPS) is 24.1. The van der Waals surface area contributed by atoms with Crippen LogP contribution in [0.15, 0.2) is 36.7 Å². The maximum absolute atomic E-state index is 12.9. The lowest BCUT2D eigenvalue weighted by atomic mass is 9.80. The minimum atomic E-state index is 0.223. The lowest BCUT2D eigenvalue weighted by Crippen LogP contribution is -2.43. The van der Waals surface area contributed by atoms with Gasteiger partial charge in [-0.05, 0) is 72.8 Å². The number of amides is 1. The Morgan fingerprint density at radius 1 is 0.963 bits per heavy atom. The van der Waals surface area contributed by atoms with Gasteiger partial charge < -0.3 is 4.90 Å². The van der Waals surface area contributed by atoms with Crippen LogP contribution in [0, 0.1) is 17.8 Å². The Balaban J connectivity index is 1.20. The van der Waals surface area contributed by atoms with Gasteiger partial charge in [0.05, 0.1) is 0 Å². The van der Waals surface area contributed by atoms with Crippen LogP contribution in [-0.4, -0.2) is 44.1 Å². The van der Waals surface area contributed by atoms with Gasteiger partial charge in [-0.15, -0.1) is 5.10 Å². The van der Waals surface area contributed by atoms with Gasteiger partial charge in [0.2, 0.25) is 5.91 Å². The molecule has 2 fully saturated rings. The average Bonchev–Trinajstić information content (AvgIpc) is 3.22. The number of benzene rings is 1. The Hall–Kier alpha value is -2.24. The van der Waals surface area contributed by atoms with Gasteiger partial charge in [0.15, 0.2) is 0 Å². The first-order valence-electron chi connectivity index (χ1n) is 10.3. The molecule has 1 saturated carbocycles. The smallest absolute Gasteiger partial charge is 0.225 e. The van der Waals surface area contributed by atoms with Crippen LogP contribution in [0.1, 0.15) is 44.1 Å². The quantitative estimate of drug-likeness (QED) is 0.815. The van der Waals surface area contributed by atoms with Crippen LogP contribution in [0.5, 0.6) is 0 Å². The van der Waals surface area contributed by atoms with Crippen LogP contribution in [0.2, 0.25) is 0 Å². The van der Waals surface area contributed by atoms with E-state index in [4.69, 9.17) is 0 Å². The third kappa shape index (κ3) is 4.73. The van der Waals surface area contributed by atoms with Crippen LogP contribution in [0.25, 0.3) is 0 Å². The summed E-state index contributed by atoms with van der Waals surface area (Å²) in [6.07, 6.45) is 9.30. The van der Waals surface area contributed by atoms with Gasteiger partial charge in [-0.2, -0.15) is 0 Å². The number of aromatic nitrogens is 4. The molecule has 1 saturated heterocycles. The summed E-state index contributed by atoms with van der Waals surface area (Å²) in [5.74, 6) is 1.92. The van der Waals surface area contributed by atoms with E-state index in [2.05, 4.69) is 50.8 Å². The summed E-state index contributed by atoms with van der Waals surface area (Å²) >= 11 is 0. The van der Waals surface area contributed by atoms with E-state index in [-0.39, 0.29) is 5.92 Å². The molecule has 2 aliphatic rings. The fraction of sp³-hybridized carbons (Fsp3) is 0.619. The van der Waals surface area contributed by atoms with Crippen molar-refractivity contribution < 1.29 is 4.79 Å². The highest BCUT2D eigenvalue weighted by atomic mass is 16.2. The molecule has 1 aromatic heterocycles. The third-order valence-electron chi connectivity index (χ3n) is 6.33. The lowest BCUT2D eigenvalue weighted by molar-refractivity contribution is -0.138. The first kappa shape index (κ1) is 18.1. The van der Waals surface area contributed by atoms with Crippen molar-refractivity contribution in [2.75, 3.05) is 13.1 Å². The number of hydrogen-bond acceptors (Lipinski definition) is 4. The summed E-state index contributed by atoms with van der Waals surface area (Å²) in [6, 6.07) is 10.7. The highest BCUT2D eigenvalue weighted by Gasteiger charge is 2.31. The van der Waals surface area contributed by atoms with E-state index < -0.39 is 0 Å². The predicted octanol–water partition coefficient (Wildman–Crippen LogP) is 2.96. The number of rotatable bonds is 5. The van der Waals surface area contributed by atoms with E-state index in [1.54, 1.807) is 6.33 Å². The summed E-state index contributed by atoms with van der Waals surface area (Å²) in [5.41, 5.74) is 1.42. The number of nitrogens with zero attached hydrogens (tertiary/aromatic N) is 5. The SMILES string of the molecule is O=C(C1CCC(Cn2cnnn2)CC1)N1CCC(Cc2ccccc2)CC1. The highest BCUT2D eigenvalue weighted by molar-refractivity contribution is 5.79. The van der Waals surface area contributed by atoms with Crippen LogP contribution >= 0.6 is 0 Å². The predicted molar refractivity (Wildman–Crippen MR) is 103 cm³/mol. The van der Waals surface area contributed by atoms with Gasteiger partial charge in [0.1, 0.15) is 6.33 Å². The molecule has 0 bridgehead atoms. The summed E-state index contributed by atoms with van der Waals surface area (Å²) in [4.78, 5) is 15.1. The molecule has 6 nitrogen and oxygen atoms in total. The molecule has 1 aliphatic carbocycles. The van der Waals surface area contributed by atoms with Crippen molar-refractivity contribution in [2.24, 2.45) is 17.8 Å². The van der Waals surface area contributed by atoms with Crippen molar-refractivity contribution in [3.8, 4) is 0 Å². The van der Waals surface area contributed by atoms with Crippen molar-refractivity contribution in [3.05, 3.63) is 42.2 Å². The first-order valence-corrected chi connectivity index (χ1v) is 10.3. The maximum Gasteiger partial charge on any atom is 0.225 e. The van der Waals surface area contributed by atoms with E-state index in [9.17, 15) is 4.79 Å². The molecule has 4 rings (SSSR count). The van der Waals surface area contributed by atoms with Crippen LogP contribution < -0.4 is 0 Å². The van der Waals surface area contributed by atoms with Crippen LogP contribution in [-0.2, 0) is 17.8 Å². The molecule has 1 amide bonds. The maximum atomic E-state index is 12.9. The first-order chi connectivity index (χ1) is 13.3. The summed E-state index contributed by atoms with van der Waals surface area (Å²) in [7, 11) is 0. The minimum absolute atomic E-state index is 0.223. The molecular formula is C21H29N5O. The van der Waals surface area contributed by atoms with E-state index in [0.29, 0.717) is 17.7 Å². The van der Waals surface area contributed by atoms with Crippen molar-refractivity contribution in [1.82, 2.24) is 25.1 Å². The van der Waals surface area contributed by atoms with Crippen LogP contribution in [0.4, 0.5) is 0 Å². The number of carbonyl (C=O) groups is 1. The summed E-state index contributed by atoms with van der Waals surface area (Å²) < 4.78 is 1.81. The van der Waals surface area contributed by atoms with E-state index >= 15 is 0 Å². The van der Waals surface area contributed by atoms with Gasteiger partial charge in [0.25, 0.3) is 0 Å². The Morgan fingerprint density at radius 3 is 2.37 bits per heavy atom. The van der Waals surface area contributed by atoms with E-state index in [1.807, 2.05) is 4.68 Å². The zero-order chi connectivity index (χ0) is 18.5. The molecule has 1 aliphatic heterocycles. The number of piperidine rings is 1. The van der Waals surface area contributed by atoms with Gasteiger partial charge in [-0.25, -0.2) is 4.68 Å². The summed E-state index contributed by atoms with van der Waals surface area (Å²) in [6.45, 7) is 2.74. The molecule has 144 valence electrons. The Kier molecular flexibility index (Phi) is 5.80. The Bertz CT molecular complexity index is 701. The number of carbonyl (C=O) groups excluding carboxylic acids is 1. The number of hydrogen-bond donors (Lipinski definition) is 0. The second-order valence-corrected chi connectivity index (χ2v) is 8.21. The molecule has 0 radical (unpaired) electrons. The van der Waals surface area contributed by atoms with Gasteiger partial charge in [-0.3, -0.25) is 4.79 Å². The monoisotopic (exact) mass is 367 g/mol. The van der Waals surface area contributed by atoms with E-state index in [0.717, 1.165) is 64.6 Å². The van der Waals surface area contributed by atoms with Crippen LogP contribution in [0.3, 0.4) is 0 Å². The van der Waals surface area contributed by atoms with Crippen molar-refractivity contribution >= 4 is 5.91 Å². The summed E-state index contributed by atoms with van der Waals surface area (Å²) in [5, 5.41) is 11.3. The van der Waals surface area contributed by atoms with Crippen molar-refractivity contribution in [1.29, 1.82) is 0 Å². The topological polar surface area (TPSA) is 63.9 Å². The van der Waals surface area contributed by atoms with Gasteiger partial charge >= 0.3 is 0 Å². The minimum Gasteiger partial charge on any atom is -0.342 e. The second kappa shape index (κ2) is 8.63. The zero-order valence-corrected chi connectivity index (χ0v) is 15.9. The number of tetrazole rings is 1. The molecule has 2 heterocycles. The molecule has 0 spiro atoms. The van der Waals surface area contributed by atoms with Crippen molar-refractivity contribution in [3.63, 3.8) is 0 Å². The molecule has 0 atom stereocenters. The Labute approximate surface area is 160 Å². The van der Waals surface area contributed by atoms with Crippen molar-refractivity contribution in [2.45, 2.75) is 51.5 Å². The zero-order valence-electron chi connectivity index (χ0n) is 15.9. The molecular weight excluding hydrogens is 338 g/mol. The number of likely N-dealkylation sites (tertiary alicyclic amines) is 1. The largest absolute Gasteiger partial charge is 0.342 e. The molecule has 1 aromatic carbocycles. The Morgan fingerprint density at radius 2 is 1.70 bits per heavy atom. The second-order valence-electron chi connectivity index (χ2n) is 8.21. The molecule has 6 heteroatoms. The van der Waals surface area contributed by atoms with Gasteiger partial charge in [-0.1, -0.05) is 30.3 Å². The fourth-order valence-corrected chi connectivity index (χ4v) is 4.68. The molecule has 0 N–H and O–H groups in total.